The van der Waals surface area contributed by atoms with Gasteiger partial charge >= 0.3 is 5.97 Å². The van der Waals surface area contributed by atoms with Crippen molar-refractivity contribution in [1.82, 2.24) is 0 Å². The third-order valence-corrected chi connectivity index (χ3v) is 4.60. The number of carbonyl (C=O) groups is 1. The lowest BCUT2D eigenvalue weighted by molar-refractivity contribution is 0.0563. The molecule has 24 heavy (non-hydrogen) atoms. The highest BCUT2D eigenvalue weighted by molar-refractivity contribution is 7.98. The van der Waals surface area contributed by atoms with Crippen LogP contribution in [0.25, 0.3) is 0 Å². The highest BCUT2D eigenvalue weighted by Crippen LogP contribution is 2.23. The summed E-state index contributed by atoms with van der Waals surface area (Å²) in [6.07, 6.45) is 0. The zero-order valence-corrected chi connectivity index (χ0v) is 15.4. The van der Waals surface area contributed by atoms with Crippen molar-refractivity contribution in [3.8, 4) is 5.75 Å². The van der Waals surface area contributed by atoms with E-state index >= 15 is 0 Å². The maximum atomic E-state index is 11.3. The second kappa shape index (κ2) is 8.83. The van der Waals surface area contributed by atoms with Gasteiger partial charge in [0, 0.05) is 5.75 Å². The van der Waals surface area contributed by atoms with Gasteiger partial charge in [-0.05, 0) is 48.2 Å². The van der Waals surface area contributed by atoms with E-state index in [1.165, 1.54) is 18.2 Å². The fraction of sp³-hybridized carbons (Fsp3) is 0.421. The first kappa shape index (κ1) is 18.5. The van der Waals surface area contributed by atoms with E-state index in [2.05, 4.69) is 37.6 Å². The lowest BCUT2D eigenvalue weighted by Crippen LogP contribution is -2.01. The van der Waals surface area contributed by atoms with E-state index in [4.69, 9.17) is 9.15 Å². The topological polar surface area (TPSA) is 48.7 Å². The molecule has 0 bridgehead atoms. The molecule has 0 fully saturated rings. The minimum atomic E-state index is -0.449. The van der Waals surface area contributed by atoms with Crippen LogP contribution in [0.15, 0.2) is 34.7 Å². The van der Waals surface area contributed by atoms with Crippen LogP contribution in [0.3, 0.4) is 0 Å². The van der Waals surface area contributed by atoms with Crippen LogP contribution in [0.4, 0.5) is 0 Å². The Kier molecular flexibility index (Phi) is 6.79. The Morgan fingerprint density at radius 1 is 1.25 bits per heavy atom. The minimum absolute atomic E-state index is 0.241. The fourth-order valence-corrected chi connectivity index (χ4v) is 3.14. The molecule has 130 valence electrons. The van der Waals surface area contributed by atoms with Gasteiger partial charge in [-0.1, -0.05) is 19.9 Å². The van der Waals surface area contributed by atoms with Gasteiger partial charge in [-0.2, -0.15) is 11.8 Å². The predicted molar refractivity (Wildman–Crippen MR) is 97.0 cm³/mol. The molecule has 0 saturated carbocycles. The van der Waals surface area contributed by atoms with Crippen molar-refractivity contribution in [2.45, 2.75) is 32.4 Å². The van der Waals surface area contributed by atoms with Gasteiger partial charge in [0.15, 0.2) is 0 Å². The summed E-state index contributed by atoms with van der Waals surface area (Å²) in [5.41, 5.74) is 2.62. The van der Waals surface area contributed by atoms with E-state index < -0.39 is 5.97 Å². The van der Waals surface area contributed by atoms with Crippen LogP contribution >= 0.6 is 11.8 Å². The number of benzene rings is 1. The SMILES string of the molecule is COC(=O)c1ccc(CSCCOc2ccc(C(C)C)c(C)c2)o1. The molecule has 4 nitrogen and oxygen atoms in total. The van der Waals surface area contributed by atoms with E-state index in [0.29, 0.717) is 18.3 Å². The number of hydrogen-bond donors (Lipinski definition) is 0. The average molecular weight is 348 g/mol. The molecule has 1 aromatic carbocycles. The normalized spacial score (nSPS) is 10.9. The van der Waals surface area contributed by atoms with E-state index in [9.17, 15) is 4.79 Å². The van der Waals surface area contributed by atoms with E-state index in [1.54, 1.807) is 23.9 Å². The summed E-state index contributed by atoms with van der Waals surface area (Å²) in [7, 11) is 1.34. The van der Waals surface area contributed by atoms with E-state index in [1.807, 2.05) is 6.07 Å². The molecule has 0 atom stereocenters. The van der Waals surface area contributed by atoms with E-state index in [-0.39, 0.29) is 5.76 Å². The quantitative estimate of drug-likeness (QED) is 0.506. The maximum absolute atomic E-state index is 11.3. The summed E-state index contributed by atoms with van der Waals surface area (Å²) in [4.78, 5) is 11.3. The van der Waals surface area contributed by atoms with Crippen LogP contribution in [-0.2, 0) is 10.5 Å². The second-order valence-electron chi connectivity index (χ2n) is 5.83. The molecule has 0 saturated heterocycles. The molecule has 1 heterocycles. The standard InChI is InChI=1S/C19H24O4S/c1-13(2)17-7-5-15(11-14(17)3)22-9-10-24-12-16-6-8-18(23-16)19(20)21-4/h5-8,11,13H,9-10,12H2,1-4H3. The zero-order chi connectivity index (χ0) is 17.5. The summed E-state index contributed by atoms with van der Waals surface area (Å²) in [6, 6.07) is 9.70. The van der Waals surface area contributed by atoms with Gasteiger partial charge in [-0.3, -0.25) is 0 Å². The molecule has 0 N–H and O–H groups in total. The number of thioether (sulfide) groups is 1. The zero-order valence-electron chi connectivity index (χ0n) is 14.6. The van der Waals surface area contributed by atoms with Crippen molar-refractivity contribution in [3.63, 3.8) is 0 Å². The molecule has 0 aliphatic heterocycles. The van der Waals surface area contributed by atoms with Crippen molar-refractivity contribution in [3.05, 3.63) is 53.0 Å². The number of esters is 1. The molecule has 0 amide bonds. The number of hydrogen-bond acceptors (Lipinski definition) is 5. The van der Waals surface area contributed by atoms with Gasteiger partial charge in [-0.25, -0.2) is 4.79 Å². The van der Waals surface area contributed by atoms with Gasteiger partial charge in [0.25, 0.3) is 0 Å². The molecule has 2 aromatic rings. The van der Waals surface area contributed by atoms with Gasteiger partial charge in [0.05, 0.1) is 19.5 Å². The summed E-state index contributed by atoms with van der Waals surface area (Å²) in [5.74, 6) is 3.53. The Morgan fingerprint density at radius 2 is 2.04 bits per heavy atom. The van der Waals surface area contributed by atoms with Crippen LogP contribution in [0.5, 0.6) is 5.75 Å². The van der Waals surface area contributed by atoms with Crippen molar-refractivity contribution in [2.75, 3.05) is 19.5 Å². The minimum Gasteiger partial charge on any atom is -0.493 e. The first-order valence-electron chi connectivity index (χ1n) is 7.99. The molecule has 1 aromatic heterocycles. The Labute approximate surface area is 147 Å². The molecule has 0 aliphatic carbocycles. The smallest absolute Gasteiger partial charge is 0.373 e. The Morgan fingerprint density at radius 3 is 2.71 bits per heavy atom. The summed E-state index contributed by atoms with van der Waals surface area (Å²) < 4.78 is 15.8. The summed E-state index contributed by atoms with van der Waals surface area (Å²) >= 11 is 1.70. The third-order valence-electron chi connectivity index (χ3n) is 3.65. The number of carbonyl (C=O) groups excluding carboxylic acids is 1. The lowest BCUT2D eigenvalue weighted by Gasteiger charge is -2.12. The summed E-state index contributed by atoms with van der Waals surface area (Å²) in [5, 5.41) is 0. The highest BCUT2D eigenvalue weighted by Gasteiger charge is 2.10. The van der Waals surface area contributed by atoms with Crippen molar-refractivity contribution in [2.24, 2.45) is 0 Å². The van der Waals surface area contributed by atoms with Crippen LogP contribution in [0.1, 0.15) is 47.2 Å². The first-order valence-corrected chi connectivity index (χ1v) is 9.15. The average Bonchev–Trinajstić information content (AvgIpc) is 3.02. The van der Waals surface area contributed by atoms with Crippen LogP contribution in [0, 0.1) is 6.92 Å². The molecule has 5 heteroatoms. The van der Waals surface area contributed by atoms with E-state index in [0.717, 1.165) is 17.3 Å². The predicted octanol–water partition coefficient (Wildman–Crippen LogP) is 4.81. The van der Waals surface area contributed by atoms with Gasteiger partial charge in [-0.15, -0.1) is 0 Å². The molecule has 0 radical (unpaired) electrons. The third kappa shape index (κ3) is 5.06. The maximum Gasteiger partial charge on any atom is 0.373 e. The largest absolute Gasteiger partial charge is 0.493 e. The molecule has 0 spiro atoms. The molecule has 0 unspecified atom stereocenters. The summed E-state index contributed by atoms with van der Waals surface area (Å²) in [6.45, 7) is 7.14. The number of methoxy groups -OCH3 is 1. The number of furan rings is 1. The van der Waals surface area contributed by atoms with Gasteiger partial charge < -0.3 is 13.9 Å². The Hall–Kier alpha value is -1.88. The van der Waals surface area contributed by atoms with Crippen LogP contribution in [-0.4, -0.2) is 25.4 Å². The molecule has 0 aliphatic rings. The van der Waals surface area contributed by atoms with Crippen molar-refractivity contribution in [1.29, 1.82) is 0 Å². The highest BCUT2D eigenvalue weighted by atomic mass is 32.2. The first-order chi connectivity index (χ1) is 11.5. The second-order valence-corrected chi connectivity index (χ2v) is 6.94. The lowest BCUT2D eigenvalue weighted by atomic mass is 9.98. The van der Waals surface area contributed by atoms with Crippen LogP contribution in [0.2, 0.25) is 0 Å². The monoisotopic (exact) mass is 348 g/mol. The van der Waals surface area contributed by atoms with Gasteiger partial charge in [0.2, 0.25) is 5.76 Å². The molecular weight excluding hydrogens is 324 g/mol. The number of rotatable bonds is 8. The van der Waals surface area contributed by atoms with Crippen LogP contribution < -0.4 is 4.74 Å². The Bertz CT molecular complexity index is 676. The fourth-order valence-electron chi connectivity index (χ4n) is 2.44. The van der Waals surface area contributed by atoms with Crippen molar-refractivity contribution >= 4 is 17.7 Å². The molecular formula is C19H24O4S. The number of ether oxygens (including phenoxy) is 2. The Balaban J connectivity index is 1.72. The van der Waals surface area contributed by atoms with Crippen molar-refractivity contribution < 1.29 is 18.7 Å². The molecule has 2 rings (SSSR count). The van der Waals surface area contributed by atoms with Gasteiger partial charge in [0.1, 0.15) is 11.5 Å². The number of aryl methyl sites for hydroxylation is 1.